The van der Waals surface area contributed by atoms with Gasteiger partial charge in [-0.05, 0) is 31.4 Å². The van der Waals surface area contributed by atoms with Crippen LogP contribution in [0.5, 0.6) is 0 Å². The number of carbonyl (C=O) groups is 2. The zero-order valence-electron chi connectivity index (χ0n) is 14.0. The Hall–Kier alpha value is -1.92. The van der Waals surface area contributed by atoms with Gasteiger partial charge in [0.05, 0.1) is 25.7 Å². The van der Waals surface area contributed by atoms with Crippen LogP contribution in [-0.2, 0) is 20.7 Å². The summed E-state index contributed by atoms with van der Waals surface area (Å²) >= 11 is 0. The zero-order valence-corrected chi connectivity index (χ0v) is 14.0. The summed E-state index contributed by atoms with van der Waals surface area (Å²) in [5.74, 6) is -1.41. The molecule has 1 amide bonds. The lowest BCUT2D eigenvalue weighted by atomic mass is 9.99. The Morgan fingerprint density at radius 2 is 2.17 bits per heavy atom. The third-order valence-electron chi connectivity index (χ3n) is 4.71. The van der Waals surface area contributed by atoms with E-state index in [0.717, 1.165) is 25.1 Å². The smallest absolute Gasteiger partial charge is 0.310 e. The molecule has 1 atom stereocenters. The summed E-state index contributed by atoms with van der Waals surface area (Å²) in [6, 6.07) is 6.20. The molecule has 130 valence electrons. The Morgan fingerprint density at radius 3 is 2.96 bits per heavy atom. The highest BCUT2D eigenvalue weighted by molar-refractivity contribution is 5.96. The molecule has 1 aromatic rings. The van der Waals surface area contributed by atoms with Gasteiger partial charge < -0.3 is 14.7 Å². The second-order valence-corrected chi connectivity index (χ2v) is 6.63. The maximum absolute atomic E-state index is 12.8. The lowest BCUT2D eigenvalue weighted by Gasteiger charge is -2.32. The van der Waals surface area contributed by atoms with Crippen molar-refractivity contribution in [3.8, 4) is 0 Å². The zero-order chi connectivity index (χ0) is 17.1. The second kappa shape index (κ2) is 7.32. The standard InChI is InChI=1S/C18H24N2O4/c1-13-4-5-16-14(9-13)3-2-6-20(16)17(21)11-19-7-8-24-12-15(10-19)18(22)23/h4-5,9,15H,2-3,6-8,10-12H2,1H3,(H,22,23). The molecule has 2 aliphatic heterocycles. The third kappa shape index (κ3) is 3.76. The molecular weight excluding hydrogens is 308 g/mol. The summed E-state index contributed by atoms with van der Waals surface area (Å²) in [5, 5.41) is 9.22. The first-order chi connectivity index (χ1) is 11.5. The molecule has 0 saturated carbocycles. The van der Waals surface area contributed by atoms with Crippen molar-refractivity contribution >= 4 is 17.6 Å². The van der Waals surface area contributed by atoms with E-state index < -0.39 is 11.9 Å². The number of fused-ring (bicyclic) bond motifs is 1. The SMILES string of the molecule is Cc1ccc2c(c1)CCCN2C(=O)CN1CCOCC(C(=O)O)C1. The summed E-state index contributed by atoms with van der Waals surface area (Å²) in [4.78, 5) is 27.8. The van der Waals surface area contributed by atoms with Crippen molar-refractivity contribution < 1.29 is 19.4 Å². The highest BCUT2D eigenvalue weighted by atomic mass is 16.5. The molecule has 0 bridgehead atoms. The van der Waals surface area contributed by atoms with Crippen LogP contribution >= 0.6 is 0 Å². The van der Waals surface area contributed by atoms with Crippen LogP contribution in [0.3, 0.4) is 0 Å². The first kappa shape index (κ1) is 16.9. The number of aryl methyl sites for hydroxylation is 2. The molecule has 0 aliphatic carbocycles. The van der Waals surface area contributed by atoms with Gasteiger partial charge in [-0.1, -0.05) is 17.7 Å². The molecule has 24 heavy (non-hydrogen) atoms. The molecule has 0 spiro atoms. The average molecular weight is 332 g/mol. The summed E-state index contributed by atoms with van der Waals surface area (Å²) in [6.07, 6.45) is 1.96. The number of hydrogen-bond donors (Lipinski definition) is 1. The molecule has 2 heterocycles. The van der Waals surface area contributed by atoms with Crippen LogP contribution < -0.4 is 4.90 Å². The third-order valence-corrected chi connectivity index (χ3v) is 4.71. The van der Waals surface area contributed by atoms with Crippen molar-refractivity contribution in [2.75, 3.05) is 44.3 Å². The van der Waals surface area contributed by atoms with Crippen LogP contribution in [0.4, 0.5) is 5.69 Å². The van der Waals surface area contributed by atoms with Crippen LogP contribution in [-0.4, -0.2) is 61.3 Å². The molecule has 1 unspecified atom stereocenters. The number of amides is 1. The Labute approximate surface area is 142 Å². The van der Waals surface area contributed by atoms with Gasteiger partial charge in [0.25, 0.3) is 0 Å². The van der Waals surface area contributed by atoms with Gasteiger partial charge in [0.2, 0.25) is 5.91 Å². The van der Waals surface area contributed by atoms with E-state index in [2.05, 4.69) is 13.0 Å². The van der Waals surface area contributed by atoms with Crippen LogP contribution in [0.25, 0.3) is 0 Å². The van der Waals surface area contributed by atoms with Gasteiger partial charge >= 0.3 is 5.97 Å². The number of hydrogen-bond acceptors (Lipinski definition) is 4. The summed E-state index contributed by atoms with van der Waals surface area (Å²) in [7, 11) is 0. The summed E-state index contributed by atoms with van der Waals surface area (Å²) in [5.41, 5.74) is 3.42. The predicted octanol–water partition coefficient (Wildman–Crippen LogP) is 1.31. The van der Waals surface area contributed by atoms with Crippen LogP contribution in [0.2, 0.25) is 0 Å². The number of rotatable bonds is 3. The van der Waals surface area contributed by atoms with E-state index in [-0.39, 0.29) is 19.1 Å². The first-order valence-corrected chi connectivity index (χ1v) is 8.47. The van der Waals surface area contributed by atoms with E-state index >= 15 is 0 Å². The fourth-order valence-corrected chi connectivity index (χ4v) is 3.43. The van der Waals surface area contributed by atoms with Crippen molar-refractivity contribution in [3.05, 3.63) is 29.3 Å². The van der Waals surface area contributed by atoms with E-state index in [9.17, 15) is 14.7 Å². The number of anilines is 1. The highest BCUT2D eigenvalue weighted by Gasteiger charge is 2.28. The Morgan fingerprint density at radius 1 is 1.33 bits per heavy atom. The van der Waals surface area contributed by atoms with Crippen molar-refractivity contribution in [2.24, 2.45) is 5.92 Å². The number of carbonyl (C=O) groups excluding carboxylic acids is 1. The van der Waals surface area contributed by atoms with Crippen molar-refractivity contribution in [1.82, 2.24) is 4.90 Å². The number of nitrogens with zero attached hydrogens (tertiary/aromatic N) is 2. The monoisotopic (exact) mass is 332 g/mol. The summed E-state index contributed by atoms with van der Waals surface area (Å²) in [6.45, 7) is 4.64. The van der Waals surface area contributed by atoms with Crippen LogP contribution in [0.1, 0.15) is 17.5 Å². The van der Waals surface area contributed by atoms with Crippen molar-refractivity contribution in [2.45, 2.75) is 19.8 Å². The number of carboxylic acids is 1. The van der Waals surface area contributed by atoms with E-state index in [1.54, 1.807) is 0 Å². The molecule has 2 aliphatic rings. The highest BCUT2D eigenvalue weighted by Crippen LogP contribution is 2.28. The molecular formula is C18H24N2O4. The van der Waals surface area contributed by atoms with E-state index in [1.807, 2.05) is 21.9 Å². The Balaban J connectivity index is 1.70. The fraction of sp³-hybridized carbons (Fsp3) is 0.556. The molecule has 1 N–H and O–H groups in total. The van der Waals surface area contributed by atoms with Gasteiger partial charge in [0, 0.05) is 25.3 Å². The molecule has 0 aromatic heterocycles. The Bertz CT molecular complexity index is 631. The molecule has 1 saturated heterocycles. The van der Waals surface area contributed by atoms with E-state index in [4.69, 9.17) is 4.74 Å². The minimum atomic E-state index is -0.867. The van der Waals surface area contributed by atoms with Gasteiger partial charge in [-0.2, -0.15) is 0 Å². The van der Waals surface area contributed by atoms with Crippen molar-refractivity contribution in [1.29, 1.82) is 0 Å². The minimum Gasteiger partial charge on any atom is -0.481 e. The largest absolute Gasteiger partial charge is 0.481 e. The van der Waals surface area contributed by atoms with Gasteiger partial charge in [-0.15, -0.1) is 0 Å². The fourth-order valence-electron chi connectivity index (χ4n) is 3.43. The van der Waals surface area contributed by atoms with Gasteiger partial charge in [-0.3, -0.25) is 14.5 Å². The van der Waals surface area contributed by atoms with E-state index in [1.165, 1.54) is 11.1 Å². The maximum Gasteiger partial charge on any atom is 0.310 e. The predicted molar refractivity (Wildman–Crippen MR) is 90.2 cm³/mol. The number of benzene rings is 1. The Kier molecular flexibility index (Phi) is 5.16. The molecule has 1 fully saturated rings. The average Bonchev–Trinajstić information content (AvgIpc) is 2.79. The van der Waals surface area contributed by atoms with Crippen molar-refractivity contribution in [3.63, 3.8) is 0 Å². The van der Waals surface area contributed by atoms with Gasteiger partial charge in [-0.25, -0.2) is 0 Å². The quantitative estimate of drug-likeness (QED) is 0.904. The second-order valence-electron chi connectivity index (χ2n) is 6.63. The summed E-state index contributed by atoms with van der Waals surface area (Å²) < 4.78 is 5.35. The number of aliphatic carboxylic acids is 1. The molecule has 6 heteroatoms. The number of carboxylic acid groups (broad SMARTS) is 1. The van der Waals surface area contributed by atoms with Gasteiger partial charge in [0.1, 0.15) is 0 Å². The van der Waals surface area contributed by atoms with Gasteiger partial charge in [0.15, 0.2) is 0 Å². The lowest BCUT2D eigenvalue weighted by molar-refractivity contribution is -0.143. The number of ether oxygens (including phenoxy) is 1. The first-order valence-electron chi connectivity index (χ1n) is 8.47. The molecule has 3 rings (SSSR count). The lowest BCUT2D eigenvalue weighted by Crippen LogP contribution is -2.45. The topological polar surface area (TPSA) is 70.1 Å². The molecule has 1 aromatic carbocycles. The van der Waals surface area contributed by atoms with E-state index in [0.29, 0.717) is 19.7 Å². The van der Waals surface area contributed by atoms with Crippen LogP contribution in [0, 0.1) is 12.8 Å². The molecule has 0 radical (unpaired) electrons. The van der Waals surface area contributed by atoms with Crippen LogP contribution in [0.15, 0.2) is 18.2 Å². The maximum atomic E-state index is 12.8. The normalized spacial score (nSPS) is 21.9. The molecule has 6 nitrogen and oxygen atoms in total. The minimum absolute atomic E-state index is 0.0332.